The summed E-state index contributed by atoms with van der Waals surface area (Å²) in [7, 11) is 0. The molecule has 2 aliphatic heterocycles. The van der Waals surface area contributed by atoms with Gasteiger partial charge in [-0.3, -0.25) is 19.2 Å². The second-order valence-corrected chi connectivity index (χ2v) is 15.9. The van der Waals surface area contributed by atoms with E-state index in [0.717, 1.165) is 43.4 Å². The number of hydrogen-bond acceptors (Lipinski definition) is 6. The molecule has 0 spiro atoms. The van der Waals surface area contributed by atoms with E-state index in [1.807, 2.05) is 20.8 Å². The monoisotopic (exact) mass is 629 g/mol. The van der Waals surface area contributed by atoms with Crippen LogP contribution in [0.4, 0.5) is 4.79 Å². The fourth-order valence-corrected chi connectivity index (χ4v) is 8.26. The van der Waals surface area contributed by atoms with Gasteiger partial charge in [-0.05, 0) is 88.9 Å². The smallest absolute Gasteiger partial charge is 0.326 e. The van der Waals surface area contributed by atoms with Crippen molar-refractivity contribution in [3.05, 3.63) is 0 Å². The summed E-state index contributed by atoms with van der Waals surface area (Å²) in [6.45, 7) is 11.9. The maximum absolute atomic E-state index is 14.4. The summed E-state index contributed by atoms with van der Waals surface area (Å²) in [5.74, 6) is -3.97. The molecule has 5 fully saturated rings. The number of piperidine rings is 1. The maximum atomic E-state index is 14.4. The average molecular weight is 630 g/mol. The Bertz CT molecular complexity index is 1250. The van der Waals surface area contributed by atoms with Crippen LogP contribution in [0.25, 0.3) is 0 Å². The van der Waals surface area contributed by atoms with Crippen molar-refractivity contribution >= 4 is 35.5 Å². The van der Waals surface area contributed by atoms with Crippen molar-refractivity contribution in [1.82, 2.24) is 25.8 Å². The molecular weight excluding hydrogens is 578 g/mol. The SMILES string of the molecule is CC(C)(C)NC(=O)N[C@@H](C(=O)N1CC2C(C1C(=O)NC(C)(C(=O)C(=O)N1CCC1C(=O)O)C1CCC1)C2(C)C)C1CCCCC1. The summed E-state index contributed by atoms with van der Waals surface area (Å²) in [5, 5.41) is 18.3. The van der Waals surface area contributed by atoms with Crippen LogP contribution in [0.2, 0.25) is 0 Å². The quantitative estimate of drug-likeness (QED) is 0.285. The summed E-state index contributed by atoms with van der Waals surface area (Å²) in [4.78, 5) is 83.1. The standard InChI is InChI=1S/C33H51N5O7/c1-31(2,3)36-30(45)34-23(18-11-8-7-9-12-18)27(41)38-17-20-22(32(20,4)5)24(38)26(40)35-33(6,19-13-10-14-19)25(39)28(42)37-16-15-21(37)29(43)44/h18-24H,7-17H2,1-6H3,(H,35,40)(H,43,44)(H2,34,36,45)/t20?,21?,22?,23-,24?,33?/m1/s1. The van der Waals surface area contributed by atoms with E-state index < -0.39 is 58.8 Å². The van der Waals surface area contributed by atoms with Crippen LogP contribution in [-0.4, -0.2) is 92.7 Å². The van der Waals surface area contributed by atoms with Gasteiger partial charge in [0.15, 0.2) is 0 Å². The predicted octanol–water partition coefficient (Wildman–Crippen LogP) is 2.45. The molecule has 3 aliphatic carbocycles. The van der Waals surface area contributed by atoms with E-state index in [0.29, 0.717) is 19.4 Å². The van der Waals surface area contributed by atoms with Gasteiger partial charge in [-0.25, -0.2) is 9.59 Å². The highest BCUT2D eigenvalue weighted by atomic mass is 16.4. The highest BCUT2D eigenvalue weighted by Crippen LogP contribution is 2.65. The highest BCUT2D eigenvalue weighted by Gasteiger charge is 2.70. The van der Waals surface area contributed by atoms with Gasteiger partial charge >= 0.3 is 12.0 Å². The van der Waals surface area contributed by atoms with E-state index in [1.54, 1.807) is 11.8 Å². The normalized spacial score (nSPS) is 29.6. The van der Waals surface area contributed by atoms with Gasteiger partial charge in [0.1, 0.15) is 23.7 Å². The number of fused-ring (bicyclic) bond motifs is 1. The van der Waals surface area contributed by atoms with Crippen LogP contribution in [0.5, 0.6) is 0 Å². The molecule has 5 rings (SSSR count). The zero-order valence-corrected chi connectivity index (χ0v) is 27.6. The summed E-state index contributed by atoms with van der Waals surface area (Å²) < 4.78 is 0. The Kier molecular flexibility index (Phi) is 8.76. The summed E-state index contributed by atoms with van der Waals surface area (Å²) >= 11 is 0. The number of carboxylic acids is 1. The first-order chi connectivity index (χ1) is 21.0. The number of hydrogen-bond donors (Lipinski definition) is 4. The first-order valence-corrected chi connectivity index (χ1v) is 16.8. The molecule has 5 amide bonds. The maximum Gasteiger partial charge on any atom is 0.326 e. The molecule has 5 aliphatic rings. The lowest BCUT2D eigenvalue weighted by Gasteiger charge is -2.45. The van der Waals surface area contributed by atoms with Gasteiger partial charge in [0.2, 0.25) is 17.6 Å². The number of nitrogens with one attached hydrogen (secondary N) is 3. The first kappa shape index (κ1) is 33.2. The third kappa shape index (κ3) is 6.17. The molecule has 6 atom stereocenters. The van der Waals surface area contributed by atoms with E-state index >= 15 is 0 Å². The van der Waals surface area contributed by atoms with Crippen molar-refractivity contribution < 1.29 is 33.9 Å². The summed E-state index contributed by atoms with van der Waals surface area (Å²) in [6.07, 6.45) is 7.07. The van der Waals surface area contributed by atoms with Crippen LogP contribution < -0.4 is 16.0 Å². The lowest BCUT2D eigenvalue weighted by atomic mass is 9.69. The zero-order valence-electron chi connectivity index (χ0n) is 27.6. The van der Waals surface area contributed by atoms with Crippen LogP contribution in [0.15, 0.2) is 0 Å². The number of carboxylic acid groups (broad SMARTS) is 1. The summed E-state index contributed by atoms with van der Waals surface area (Å²) in [5.41, 5.74) is -2.21. The first-order valence-electron chi connectivity index (χ1n) is 16.8. The van der Waals surface area contributed by atoms with Crippen LogP contribution in [0, 0.1) is 29.1 Å². The molecule has 0 bridgehead atoms. The van der Waals surface area contributed by atoms with E-state index in [2.05, 4.69) is 29.8 Å². The van der Waals surface area contributed by atoms with Gasteiger partial charge < -0.3 is 30.9 Å². The minimum Gasteiger partial charge on any atom is -0.480 e. The minimum atomic E-state index is -1.52. The van der Waals surface area contributed by atoms with Crippen LogP contribution in [0.3, 0.4) is 0 Å². The van der Waals surface area contributed by atoms with Crippen LogP contribution in [0.1, 0.15) is 99.3 Å². The van der Waals surface area contributed by atoms with Crippen LogP contribution >= 0.6 is 0 Å². The second-order valence-electron chi connectivity index (χ2n) is 15.9. The van der Waals surface area contributed by atoms with Crippen molar-refractivity contribution in [3.8, 4) is 0 Å². The number of ketones is 1. The predicted molar refractivity (Wildman–Crippen MR) is 165 cm³/mol. The molecule has 0 aromatic rings. The Hall–Kier alpha value is -3.18. The molecule has 2 heterocycles. The average Bonchev–Trinajstić information content (AvgIpc) is 3.21. The number of aliphatic carboxylic acids is 1. The van der Waals surface area contributed by atoms with Crippen molar-refractivity contribution in [2.75, 3.05) is 13.1 Å². The Morgan fingerprint density at radius 2 is 1.49 bits per heavy atom. The van der Waals surface area contributed by atoms with Crippen molar-refractivity contribution in [2.45, 2.75) is 129 Å². The molecule has 0 radical (unpaired) electrons. The number of carbonyl (C=O) groups is 6. The molecule has 45 heavy (non-hydrogen) atoms. The van der Waals surface area contributed by atoms with Gasteiger partial charge in [0.05, 0.1) is 0 Å². The Labute approximate surface area is 265 Å². The van der Waals surface area contributed by atoms with E-state index in [9.17, 15) is 33.9 Å². The molecule has 3 saturated carbocycles. The van der Waals surface area contributed by atoms with E-state index in [-0.39, 0.29) is 48.0 Å². The fraction of sp³-hybridized carbons (Fsp3) is 0.818. The highest BCUT2D eigenvalue weighted by molar-refractivity contribution is 6.40. The number of amides is 5. The number of rotatable bonds is 9. The molecule has 2 saturated heterocycles. The third-order valence-electron chi connectivity index (χ3n) is 11.5. The van der Waals surface area contributed by atoms with Crippen molar-refractivity contribution in [3.63, 3.8) is 0 Å². The lowest BCUT2D eigenvalue weighted by Crippen LogP contribution is -2.68. The second kappa shape index (κ2) is 11.9. The number of likely N-dealkylation sites (tertiary alicyclic amines) is 2. The molecule has 4 N–H and O–H groups in total. The Morgan fingerprint density at radius 3 is 2.00 bits per heavy atom. The number of nitrogens with zero attached hydrogens (tertiary/aromatic N) is 2. The molecule has 12 nitrogen and oxygen atoms in total. The molecule has 0 aromatic carbocycles. The number of urea groups is 1. The number of Topliss-reactive ketones (excluding diaryl/α,β-unsaturated/α-hetero) is 1. The lowest BCUT2D eigenvalue weighted by molar-refractivity contribution is -0.163. The summed E-state index contributed by atoms with van der Waals surface area (Å²) in [6, 6.07) is -3.11. The Balaban J connectivity index is 1.39. The van der Waals surface area contributed by atoms with Crippen molar-refractivity contribution in [2.24, 2.45) is 29.1 Å². The largest absolute Gasteiger partial charge is 0.480 e. The fourth-order valence-electron chi connectivity index (χ4n) is 8.26. The van der Waals surface area contributed by atoms with Gasteiger partial charge in [-0.15, -0.1) is 0 Å². The van der Waals surface area contributed by atoms with Gasteiger partial charge in [-0.2, -0.15) is 0 Å². The molecule has 250 valence electrons. The molecule has 0 aromatic heterocycles. The number of carbonyl (C=O) groups excluding carboxylic acids is 5. The zero-order chi connectivity index (χ0) is 33.1. The van der Waals surface area contributed by atoms with Crippen LogP contribution in [-0.2, 0) is 24.0 Å². The molecule has 12 heteroatoms. The minimum absolute atomic E-state index is 0.0521. The van der Waals surface area contributed by atoms with E-state index in [4.69, 9.17) is 0 Å². The van der Waals surface area contributed by atoms with E-state index in [1.165, 1.54) is 0 Å². The topological polar surface area (TPSA) is 165 Å². The Morgan fingerprint density at radius 1 is 0.844 bits per heavy atom. The molecular formula is C33H51N5O7. The van der Waals surface area contributed by atoms with Gasteiger partial charge in [0, 0.05) is 18.6 Å². The third-order valence-corrected chi connectivity index (χ3v) is 11.5. The van der Waals surface area contributed by atoms with Gasteiger partial charge in [0.25, 0.3) is 5.91 Å². The molecule has 5 unspecified atom stereocenters. The van der Waals surface area contributed by atoms with Gasteiger partial charge in [-0.1, -0.05) is 39.5 Å². The van der Waals surface area contributed by atoms with Crippen molar-refractivity contribution in [1.29, 1.82) is 0 Å².